The molecule has 0 aliphatic carbocycles. The molecule has 1 saturated heterocycles. The summed E-state index contributed by atoms with van der Waals surface area (Å²) in [5.41, 5.74) is 5.71. The molecule has 0 aromatic rings. The second kappa shape index (κ2) is 4.58. The van der Waals surface area contributed by atoms with E-state index in [1.165, 1.54) is 0 Å². The van der Waals surface area contributed by atoms with Crippen molar-refractivity contribution in [3.63, 3.8) is 0 Å². The van der Waals surface area contributed by atoms with E-state index in [2.05, 4.69) is 5.32 Å². The molecule has 1 rings (SSSR count). The van der Waals surface area contributed by atoms with E-state index in [1.54, 1.807) is 0 Å². The van der Waals surface area contributed by atoms with Gasteiger partial charge in [-0.2, -0.15) is 0 Å². The normalized spacial score (nSPS) is 30.1. The maximum atomic E-state index is 11.6. The lowest BCUT2D eigenvalue weighted by Crippen LogP contribution is -2.43. The molecule has 1 heterocycles. The van der Waals surface area contributed by atoms with Crippen molar-refractivity contribution in [2.24, 2.45) is 11.7 Å². The summed E-state index contributed by atoms with van der Waals surface area (Å²) in [7, 11) is 0. The molecule has 0 saturated carbocycles. The molecule has 76 valence electrons. The number of nitrogens with one attached hydrogen (secondary N) is 1. The van der Waals surface area contributed by atoms with Crippen molar-refractivity contribution in [1.29, 1.82) is 0 Å². The number of amides is 1. The van der Waals surface area contributed by atoms with Crippen LogP contribution in [0.25, 0.3) is 0 Å². The van der Waals surface area contributed by atoms with Crippen LogP contribution in [0.1, 0.15) is 20.3 Å². The number of hydrogen-bond acceptors (Lipinski definition) is 3. The molecule has 0 aromatic heterocycles. The fraction of sp³-hybridized carbons (Fsp3) is 0.889. The molecule has 13 heavy (non-hydrogen) atoms. The number of ether oxygens (including phenoxy) is 1. The van der Waals surface area contributed by atoms with E-state index >= 15 is 0 Å². The predicted octanol–water partition coefficient (Wildman–Crippen LogP) is -0.125. The fourth-order valence-electron chi connectivity index (χ4n) is 1.29. The Kier molecular flexibility index (Phi) is 3.69. The van der Waals surface area contributed by atoms with Crippen LogP contribution in [0.2, 0.25) is 0 Å². The van der Waals surface area contributed by atoms with E-state index in [4.69, 9.17) is 10.5 Å². The van der Waals surface area contributed by atoms with Crippen LogP contribution in [0.15, 0.2) is 0 Å². The van der Waals surface area contributed by atoms with Crippen molar-refractivity contribution >= 4 is 5.91 Å². The van der Waals surface area contributed by atoms with Gasteiger partial charge in [0.25, 0.3) is 0 Å². The Hall–Kier alpha value is -0.610. The molecular weight excluding hydrogens is 168 g/mol. The highest BCUT2D eigenvalue weighted by Gasteiger charge is 2.31. The van der Waals surface area contributed by atoms with Gasteiger partial charge >= 0.3 is 0 Å². The number of carbonyl (C=O) groups is 1. The monoisotopic (exact) mass is 186 g/mol. The standard InChI is InChI=1S/C9H18N2O2/c1-3-6(2)11-9(12)7-4-13-5-8(7)10/h6-8H,3-5,10H2,1-2H3,(H,11,12). The Balaban J connectivity index is 2.38. The van der Waals surface area contributed by atoms with Crippen LogP contribution in [-0.2, 0) is 9.53 Å². The van der Waals surface area contributed by atoms with Crippen molar-refractivity contribution in [3.8, 4) is 0 Å². The molecule has 4 nitrogen and oxygen atoms in total. The van der Waals surface area contributed by atoms with Gasteiger partial charge in [0.2, 0.25) is 5.91 Å². The zero-order valence-corrected chi connectivity index (χ0v) is 8.25. The average molecular weight is 186 g/mol. The van der Waals surface area contributed by atoms with Gasteiger partial charge in [-0.3, -0.25) is 4.79 Å². The molecule has 4 heteroatoms. The molecule has 3 atom stereocenters. The Morgan fingerprint density at radius 2 is 2.38 bits per heavy atom. The van der Waals surface area contributed by atoms with Gasteiger partial charge in [-0.25, -0.2) is 0 Å². The van der Waals surface area contributed by atoms with E-state index in [1.807, 2.05) is 13.8 Å². The van der Waals surface area contributed by atoms with Gasteiger partial charge in [-0.15, -0.1) is 0 Å². The number of rotatable bonds is 3. The Morgan fingerprint density at radius 1 is 1.69 bits per heavy atom. The third kappa shape index (κ3) is 2.67. The minimum absolute atomic E-state index is 0.0272. The minimum Gasteiger partial charge on any atom is -0.379 e. The first-order valence-corrected chi connectivity index (χ1v) is 4.78. The third-order valence-corrected chi connectivity index (χ3v) is 2.46. The van der Waals surface area contributed by atoms with Crippen molar-refractivity contribution in [2.45, 2.75) is 32.4 Å². The maximum Gasteiger partial charge on any atom is 0.227 e. The topological polar surface area (TPSA) is 64.3 Å². The van der Waals surface area contributed by atoms with E-state index in [0.717, 1.165) is 6.42 Å². The van der Waals surface area contributed by atoms with Crippen LogP contribution >= 0.6 is 0 Å². The molecule has 3 N–H and O–H groups in total. The zero-order chi connectivity index (χ0) is 9.84. The van der Waals surface area contributed by atoms with Crippen LogP contribution in [0.5, 0.6) is 0 Å². The SMILES string of the molecule is CCC(C)NC(=O)C1COCC1N. The van der Waals surface area contributed by atoms with Gasteiger partial charge in [0, 0.05) is 12.1 Å². The van der Waals surface area contributed by atoms with Gasteiger partial charge in [0.1, 0.15) is 0 Å². The Labute approximate surface area is 78.8 Å². The molecule has 0 bridgehead atoms. The lowest BCUT2D eigenvalue weighted by atomic mass is 10.0. The maximum absolute atomic E-state index is 11.6. The lowest BCUT2D eigenvalue weighted by molar-refractivity contribution is -0.125. The highest BCUT2D eigenvalue weighted by molar-refractivity contribution is 5.80. The molecule has 1 aliphatic heterocycles. The van der Waals surface area contributed by atoms with Gasteiger partial charge in [-0.05, 0) is 13.3 Å². The second-order valence-electron chi connectivity index (χ2n) is 3.63. The molecule has 1 aliphatic rings. The average Bonchev–Trinajstić information content (AvgIpc) is 2.51. The van der Waals surface area contributed by atoms with Crippen molar-refractivity contribution in [1.82, 2.24) is 5.32 Å². The summed E-state index contributed by atoms with van der Waals surface area (Å²) in [5, 5.41) is 2.90. The van der Waals surface area contributed by atoms with E-state index in [-0.39, 0.29) is 23.9 Å². The number of carbonyl (C=O) groups excluding carboxylic acids is 1. The summed E-state index contributed by atoms with van der Waals surface area (Å²) >= 11 is 0. The van der Waals surface area contributed by atoms with Crippen molar-refractivity contribution < 1.29 is 9.53 Å². The first kappa shape index (κ1) is 10.5. The lowest BCUT2D eigenvalue weighted by Gasteiger charge is -2.16. The molecule has 0 spiro atoms. The predicted molar refractivity (Wildman–Crippen MR) is 50.2 cm³/mol. The summed E-state index contributed by atoms with van der Waals surface area (Å²) in [6, 6.07) is 0.0874. The molecule has 0 radical (unpaired) electrons. The third-order valence-electron chi connectivity index (χ3n) is 2.46. The summed E-state index contributed by atoms with van der Waals surface area (Å²) in [4.78, 5) is 11.6. The van der Waals surface area contributed by atoms with Crippen LogP contribution < -0.4 is 11.1 Å². The van der Waals surface area contributed by atoms with Gasteiger partial charge in [0.15, 0.2) is 0 Å². The highest BCUT2D eigenvalue weighted by atomic mass is 16.5. The first-order chi connectivity index (χ1) is 6.15. The summed E-state index contributed by atoms with van der Waals surface area (Å²) in [6.07, 6.45) is 0.939. The van der Waals surface area contributed by atoms with E-state index in [9.17, 15) is 4.79 Å². The Morgan fingerprint density at radius 3 is 2.85 bits per heavy atom. The van der Waals surface area contributed by atoms with Crippen LogP contribution in [-0.4, -0.2) is 31.2 Å². The minimum atomic E-state index is -0.158. The molecule has 0 aromatic carbocycles. The van der Waals surface area contributed by atoms with Crippen LogP contribution in [0, 0.1) is 5.92 Å². The molecule has 1 fully saturated rings. The number of nitrogens with two attached hydrogens (primary N) is 1. The van der Waals surface area contributed by atoms with Gasteiger partial charge in [-0.1, -0.05) is 6.92 Å². The van der Waals surface area contributed by atoms with Crippen LogP contribution in [0.3, 0.4) is 0 Å². The smallest absolute Gasteiger partial charge is 0.227 e. The zero-order valence-electron chi connectivity index (χ0n) is 8.25. The second-order valence-corrected chi connectivity index (χ2v) is 3.63. The largest absolute Gasteiger partial charge is 0.379 e. The highest BCUT2D eigenvalue weighted by Crippen LogP contribution is 2.11. The van der Waals surface area contributed by atoms with E-state index in [0.29, 0.717) is 13.2 Å². The summed E-state index contributed by atoms with van der Waals surface area (Å²) < 4.78 is 5.12. The first-order valence-electron chi connectivity index (χ1n) is 4.78. The van der Waals surface area contributed by atoms with Crippen molar-refractivity contribution in [3.05, 3.63) is 0 Å². The summed E-state index contributed by atoms with van der Waals surface area (Å²) in [5.74, 6) is -0.131. The molecule has 3 unspecified atom stereocenters. The number of hydrogen-bond donors (Lipinski definition) is 2. The van der Waals surface area contributed by atoms with Gasteiger partial charge < -0.3 is 15.8 Å². The van der Waals surface area contributed by atoms with Crippen LogP contribution in [0.4, 0.5) is 0 Å². The quantitative estimate of drug-likeness (QED) is 0.645. The van der Waals surface area contributed by atoms with Gasteiger partial charge in [0.05, 0.1) is 19.1 Å². The summed E-state index contributed by atoms with van der Waals surface area (Å²) in [6.45, 7) is 4.98. The fourth-order valence-corrected chi connectivity index (χ4v) is 1.29. The molecule has 1 amide bonds. The molecular formula is C9H18N2O2. The Bertz CT molecular complexity index is 184. The van der Waals surface area contributed by atoms with Crippen molar-refractivity contribution in [2.75, 3.05) is 13.2 Å². The van der Waals surface area contributed by atoms with E-state index < -0.39 is 0 Å².